The van der Waals surface area contributed by atoms with Crippen LogP contribution in [0.5, 0.6) is 0 Å². The molecule has 9 nitrogen and oxygen atoms in total. The summed E-state index contributed by atoms with van der Waals surface area (Å²) in [6.45, 7) is 1.21. The van der Waals surface area contributed by atoms with Crippen LogP contribution in [0.1, 0.15) is 19.3 Å². The Morgan fingerprint density at radius 3 is 2.42 bits per heavy atom. The molecule has 10 heteroatoms. The third kappa shape index (κ3) is 4.98. The number of hydrogen-bond acceptors (Lipinski definition) is 5. The molecule has 2 heterocycles. The van der Waals surface area contributed by atoms with Crippen LogP contribution in [0.4, 0.5) is 17.1 Å². The topological polar surface area (TPSA) is 113 Å². The van der Waals surface area contributed by atoms with Gasteiger partial charge in [0.15, 0.2) is 0 Å². The van der Waals surface area contributed by atoms with Crippen LogP contribution >= 0.6 is 11.6 Å². The average Bonchev–Trinajstić information content (AvgIpc) is 3.22. The number of likely N-dealkylation sites (tertiary alicyclic amines) is 1. The number of benzene rings is 2. The predicted octanol–water partition coefficient (Wildman–Crippen LogP) is 3.48. The Labute approximate surface area is 195 Å². The molecule has 0 radical (unpaired) electrons. The molecule has 1 atom stereocenters. The molecule has 2 aromatic rings. The van der Waals surface area contributed by atoms with Crippen molar-refractivity contribution in [3.05, 3.63) is 63.7 Å². The summed E-state index contributed by atoms with van der Waals surface area (Å²) >= 11 is 5.81. The lowest BCUT2D eigenvalue weighted by Crippen LogP contribution is -2.44. The normalized spacial score (nSPS) is 18.9. The van der Waals surface area contributed by atoms with Gasteiger partial charge in [0.25, 0.3) is 5.69 Å². The Balaban J connectivity index is 1.31. The summed E-state index contributed by atoms with van der Waals surface area (Å²) in [5.74, 6) is -1.07. The molecule has 2 fully saturated rings. The first-order chi connectivity index (χ1) is 15.8. The zero-order valence-corrected chi connectivity index (χ0v) is 18.5. The van der Waals surface area contributed by atoms with E-state index in [0.717, 1.165) is 5.69 Å². The molecule has 0 aromatic heterocycles. The van der Waals surface area contributed by atoms with E-state index < -0.39 is 10.8 Å². The number of carbonyl (C=O) groups excluding carboxylic acids is 3. The molecule has 2 aliphatic heterocycles. The van der Waals surface area contributed by atoms with Gasteiger partial charge in [-0.25, -0.2) is 0 Å². The number of amides is 3. The molecule has 2 aromatic carbocycles. The lowest BCUT2D eigenvalue weighted by molar-refractivity contribution is -0.384. The number of piperidine rings is 1. The molecule has 172 valence electrons. The highest BCUT2D eigenvalue weighted by Gasteiger charge is 2.38. The van der Waals surface area contributed by atoms with Gasteiger partial charge in [-0.15, -0.1) is 0 Å². The largest absolute Gasteiger partial charge is 0.342 e. The summed E-state index contributed by atoms with van der Waals surface area (Å²) in [6, 6.07) is 13.4. The van der Waals surface area contributed by atoms with Gasteiger partial charge in [0.1, 0.15) is 5.02 Å². The predicted molar refractivity (Wildman–Crippen MR) is 123 cm³/mol. The van der Waals surface area contributed by atoms with Crippen molar-refractivity contribution in [1.82, 2.24) is 4.90 Å². The fraction of sp³-hybridized carbons (Fsp3) is 0.348. The van der Waals surface area contributed by atoms with Gasteiger partial charge >= 0.3 is 0 Å². The number of nitrogens with zero attached hydrogens (tertiary/aromatic N) is 3. The monoisotopic (exact) mass is 470 g/mol. The van der Waals surface area contributed by atoms with E-state index in [1.165, 1.54) is 18.2 Å². The van der Waals surface area contributed by atoms with E-state index in [2.05, 4.69) is 5.32 Å². The van der Waals surface area contributed by atoms with Crippen molar-refractivity contribution in [3.8, 4) is 0 Å². The van der Waals surface area contributed by atoms with E-state index in [1.54, 1.807) is 9.80 Å². The number of para-hydroxylation sites is 1. The van der Waals surface area contributed by atoms with Crippen LogP contribution < -0.4 is 10.2 Å². The first-order valence-corrected chi connectivity index (χ1v) is 11.1. The first-order valence-electron chi connectivity index (χ1n) is 10.7. The fourth-order valence-electron chi connectivity index (χ4n) is 4.33. The minimum absolute atomic E-state index is 0.000967. The summed E-state index contributed by atoms with van der Waals surface area (Å²) in [7, 11) is 0. The number of nitro benzene ring substituents is 1. The van der Waals surface area contributed by atoms with Crippen LogP contribution in [0.3, 0.4) is 0 Å². The summed E-state index contributed by atoms with van der Waals surface area (Å²) in [5.41, 5.74) is 0.821. The van der Waals surface area contributed by atoms with Crippen LogP contribution in [0, 0.1) is 22.0 Å². The molecular formula is C23H23ClN4O5. The van der Waals surface area contributed by atoms with Crippen molar-refractivity contribution in [3.63, 3.8) is 0 Å². The molecule has 4 rings (SSSR count). The highest BCUT2D eigenvalue weighted by Crippen LogP contribution is 2.30. The van der Waals surface area contributed by atoms with Crippen LogP contribution in [-0.2, 0) is 14.4 Å². The molecule has 3 amide bonds. The molecule has 0 spiro atoms. The van der Waals surface area contributed by atoms with E-state index in [0.29, 0.717) is 38.2 Å². The molecule has 2 aliphatic rings. The highest BCUT2D eigenvalue weighted by molar-refractivity contribution is 6.32. The maximum atomic E-state index is 13.0. The number of anilines is 2. The third-order valence-electron chi connectivity index (χ3n) is 6.13. The van der Waals surface area contributed by atoms with Gasteiger partial charge in [-0.05, 0) is 37.1 Å². The Bertz CT molecular complexity index is 1090. The zero-order valence-electron chi connectivity index (χ0n) is 17.8. The van der Waals surface area contributed by atoms with E-state index in [-0.39, 0.29) is 40.8 Å². The maximum absolute atomic E-state index is 13.0. The van der Waals surface area contributed by atoms with Crippen molar-refractivity contribution >= 4 is 46.4 Å². The number of nitro groups is 1. The Hall–Kier alpha value is -3.46. The summed E-state index contributed by atoms with van der Waals surface area (Å²) in [5, 5.41) is 13.7. The molecule has 1 unspecified atom stereocenters. The summed E-state index contributed by atoms with van der Waals surface area (Å²) < 4.78 is 0. The molecule has 0 aliphatic carbocycles. The van der Waals surface area contributed by atoms with Crippen LogP contribution in [0.15, 0.2) is 48.5 Å². The zero-order chi connectivity index (χ0) is 23.5. The number of halogens is 1. The van der Waals surface area contributed by atoms with Gasteiger partial charge in [0, 0.05) is 49.4 Å². The van der Waals surface area contributed by atoms with E-state index in [9.17, 15) is 24.5 Å². The highest BCUT2D eigenvalue weighted by atomic mass is 35.5. The molecule has 2 saturated heterocycles. The quantitative estimate of drug-likeness (QED) is 0.531. The van der Waals surface area contributed by atoms with Gasteiger partial charge in [0.05, 0.1) is 10.8 Å². The molecule has 1 N–H and O–H groups in total. The van der Waals surface area contributed by atoms with Crippen molar-refractivity contribution in [2.75, 3.05) is 29.9 Å². The smallest absolute Gasteiger partial charge is 0.289 e. The van der Waals surface area contributed by atoms with Crippen LogP contribution in [0.2, 0.25) is 5.02 Å². The van der Waals surface area contributed by atoms with Crippen molar-refractivity contribution in [2.45, 2.75) is 19.3 Å². The minimum atomic E-state index is -0.602. The van der Waals surface area contributed by atoms with Gasteiger partial charge < -0.3 is 15.1 Å². The number of nitrogens with one attached hydrogen (secondary N) is 1. The van der Waals surface area contributed by atoms with Gasteiger partial charge in [-0.3, -0.25) is 24.5 Å². The SMILES string of the molecule is O=C(Nc1ccc(Cl)c([N+](=O)[O-])c1)C1CCN(C(=O)C2CC(=O)N(c3ccccc3)C2)CC1. The second-order valence-electron chi connectivity index (χ2n) is 8.25. The van der Waals surface area contributed by atoms with E-state index in [1.807, 2.05) is 30.3 Å². The third-order valence-corrected chi connectivity index (χ3v) is 6.45. The fourth-order valence-corrected chi connectivity index (χ4v) is 4.51. The van der Waals surface area contributed by atoms with Crippen LogP contribution in [-0.4, -0.2) is 47.2 Å². The second-order valence-corrected chi connectivity index (χ2v) is 8.66. The Morgan fingerprint density at radius 2 is 1.76 bits per heavy atom. The minimum Gasteiger partial charge on any atom is -0.342 e. The first kappa shape index (κ1) is 22.7. The van der Waals surface area contributed by atoms with E-state index in [4.69, 9.17) is 11.6 Å². The Kier molecular flexibility index (Phi) is 6.60. The number of carbonyl (C=O) groups is 3. The van der Waals surface area contributed by atoms with E-state index >= 15 is 0 Å². The molecule has 0 bridgehead atoms. The lowest BCUT2D eigenvalue weighted by Gasteiger charge is -2.33. The van der Waals surface area contributed by atoms with Gasteiger partial charge in [-0.1, -0.05) is 29.8 Å². The summed E-state index contributed by atoms with van der Waals surface area (Å²) in [4.78, 5) is 51.9. The maximum Gasteiger partial charge on any atom is 0.289 e. The van der Waals surface area contributed by atoms with Crippen LogP contribution in [0.25, 0.3) is 0 Å². The standard InChI is InChI=1S/C23H23ClN4O5/c24-19-7-6-17(13-20(19)28(32)33)25-22(30)15-8-10-26(11-9-15)23(31)16-12-21(29)27(14-16)18-4-2-1-3-5-18/h1-7,13,15-16H,8-12,14H2,(H,25,30). The second kappa shape index (κ2) is 9.58. The molecule has 33 heavy (non-hydrogen) atoms. The van der Waals surface area contributed by atoms with Crippen molar-refractivity contribution in [2.24, 2.45) is 11.8 Å². The van der Waals surface area contributed by atoms with Gasteiger partial charge in [-0.2, -0.15) is 0 Å². The lowest BCUT2D eigenvalue weighted by atomic mass is 9.94. The average molecular weight is 471 g/mol. The number of hydrogen-bond donors (Lipinski definition) is 1. The molecule has 0 saturated carbocycles. The van der Waals surface area contributed by atoms with Crippen molar-refractivity contribution in [1.29, 1.82) is 0 Å². The summed E-state index contributed by atoms with van der Waals surface area (Å²) in [6.07, 6.45) is 1.15. The number of rotatable bonds is 5. The van der Waals surface area contributed by atoms with Crippen molar-refractivity contribution < 1.29 is 19.3 Å². The molecular weight excluding hydrogens is 448 g/mol. The Morgan fingerprint density at radius 1 is 1.06 bits per heavy atom. The van der Waals surface area contributed by atoms with Gasteiger partial charge in [0.2, 0.25) is 17.7 Å².